The van der Waals surface area contributed by atoms with Crippen molar-refractivity contribution in [2.24, 2.45) is 0 Å². The Labute approximate surface area is 88.4 Å². The lowest BCUT2D eigenvalue weighted by molar-refractivity contribution is 0.0383. The molecule has 2 aliphatic heterocycles. The molecule has 0 saturated heterocycles. The zero-order valence-electron chi connectivity index (χ0n) is 8.45. The van der Waals surface area contributed by atoms with Crippen LogP contribution >= 0.6 is 0 Å². The Hall–Kier alpha value is -1.35. The predicted octanol–water partition coefficient (Wildman–Crippen LogP) is 1.43. The van der Waals surface area contributed by atoms with Crippen LogP contribution in [0.15, 0.2) is 18.2 Å². The molecule has 0 radical (unpaired) electrons. The first-order valence-corrected chi connectivity index (χ1v) is 5.38. The van der Waals surface area contributed by atoms with Gasteiger partial charge in [-0.3, -0.25) is 4.79 Å². The van der Waals surface area contributed by atoms with Crippen LogP contribution in [0.4, 0.5) is 0 Å². The summed E-state index contributed by atoms with van der Waals surface area (Å²) >= 11 is 0. The molecule has 0 spiro atoms. The molecule has 1 unspecified atom stereocenters. The molecule has 3 rings (SSSR count). The Kier molecular flexibility index (Phi) is 1.99. The average molecular weight is 203 g/mol. The SMILES string of the molecule is O=C1NCCC2OCCc3cccc1c32. The van der Waals surface area contributed by atoms with Crippen LogP contribution in [0.25, 0.3) is 0 Å². The molecule has 0 saturated carbocycles. The van der Waals surface area contributed by atoms with Crippen LogP contribution in [-0.4, -0.2) is 19.1 Å². The van der Waals surface area contributed by atoms with Crippen molar-refractivity contribution in [1.29, 1.82) is 0 Å². The van der Waals surface area contributed by atoms with Crippen LogP contribution in [0.3, 0.4) is 0 Å². The van der Waals surface area contributed by atoms with E-state index >= 15 is 0 Å². The monoisotopic (exact) mass is 203 g/mol. The Balaban J connectivity index is 2.20. The molecule has 1 aromatic carbocycles. The number of benzene rings is 1. The fraction of sp³-hybridized carbons (Fsp3) is 0.417. The predicted molar refractivity (Wildman–Crippen MR) is 55.8 cm³/mol. The van der Waals surface area contributed by atoms with Gasteiger partial charge in [0.2, 0.25) is 0 Å². The van der Waals surface area contributed by atoms with Crippen LogP contribution < -0.4 is 5.32 Å². The van der Waals surface area contributed by atoms with Crippen molar-refractivity contribution >= 4 is 5.91 Å². The Bertz CT molecular complexity index is 414. The van der Waals surface area contributed by atoms with Gasteiger partial charge in [0, 0.05) is 12.1 Å². The third-order valence-corrected chi connectivity index (χ3v) is 3.15. The van der Waals surface area contributed by atoms with E-state index in [9.17, 15) is 4.79 Å². The first-order chi connectivity index (χ1) is 7.36. The molecule has 2 heterocycles. The highest BCUT2D eigenvalue weighted by Gasteiger charge is 2.28. The van der Waals surface area contributed by atoms with Gasteiger partial charge < -0.3 is 10.1 Å². The maximum absolute atomic E-state index is 11.8. The van der Waals surface area contributed by atoms with E-state index in [-0.39, 0.29) is 12.0 Å². The normalized spacial score (nSPS) is 24.0. The summed E-state index contributed by atoms with van der Waals surface area (Å²) < 4.78 is 5.72. The number of carbonyl (C=O) groups excluding carboxylic acids is 1. The number of rotatable bonds is 0. The molecule has 1 amide bonds. The van der Waals surface area contributed by atoms with E-state index in [1.165, 1.54) is 5.56 Å². The first-order valence-electron chi connectivity index (χ1n) is 5.38. The Morgan fingerprint density at radius 3 is 3.27 bits per heavy atom. The molecule has 15 heavy (non-hydrogen) atoms. The molecule has 1 aromatic rings. The van der Waals surface area contributed by atoms with E-state index in [1.807, 2.05) is 12.1 Å². The standard InChI is InChI=1S/C12H13NO2/c14-12-9-3-1-2-8-5-7-15-10(11(8)9)4-6-13-12/h1-3,10H,4-7H2,(H,13,14). The topological polar surface area (TPSA) is 38.3 Å². The van der Waals surface area contributed by atoms with Gasteiger partial charge in [-0.15, -0.1) is 0 Å². The number of hydrogen-bond acceptors (Lipinski definition) is 2. The van der Waals surface area contributed by atoms with Crippen molar-refractivity contribution in [2.75, 3.05) is 13.2 Å². The average Bonchev–Trinajstić information content (AvgIpc) is 2.42. The van der Waals surface area contributed by atoms with Gasteiger partial charge in [-0.05, 0) is 30.0 Å². The van der Waals surface area contributed by atoms with Crippen LogP contribution in [-0.2, 0) is 11.2 Å². The molecule has 78 valence electrons. The van der Waals surface area contributed by atoms with Gasteiger partial charge >= 0.3 is 0 Å². The van der Waals surface area contributed by atoms with Crippen LogP contribution in [0.5, 0.6) is 0 Å². The quantitative estimate of drug-likeness (QED) is 0.692. The minimum absolute atomic E-state index is 0.0415. The van der Waals surface area contributed by atoms with E-state index in [0.717, 1.165) is 30.6 Å². The first kappa shape index (κ1) is 8.92. The van der Waals surface area contributed by atoms with Gasteiger partial charge in [-0.25, -0.2) is 0 Å². The largest absolute Gasteiger partial charge is 0.373 e. The summed E-state index contributed by atoms with van der Waals surface area (Å²) in [5, 5.41) is 2.90. The van der Waals surface area contributed by atoms with E-state index < -0.39 is 0 Å². The van der Waals surface area contributed by atoms with E-state index in [4.69, 9.17) is 4.74 Å². The van der Waals surface area contributed by atoms with Gasteiger partial charge in [0.15, 0.2) is 0 Å². The lowest BCUT2D eigenvalue weighted by atomic mass is 9.92. The third kappa shape index (κ3) is 1.35. The maximum atomic E-state index is 11.8. The minimum atomic E-state index is 0.0415. The fourth-order valence-corrected chi connectivity index (χ4v) is 2.44. The number of ether oxygens (including phenoxy) is 1. The second-order valence-electron chi connectivity index (χ2n) is 4.03. The smallest absolute Gasteiger partial charge is 0.251 e. The summed E-state index contributed by atoms with van der Waals surface area (Å²) in [6.45, 7) is 1.48. The third-order valence-electron chi connectivity index (χ3n) is 3.15. The molecule has 0 bridgehead atoms. The molecule has 1 N–H and O–H groups in total. The number of nitrogens with one attached hydrogen (secondary N) is 1. The lowest BCUT2D eigenvalue weighted by Crippen LogP contribution is -2.22. The van der Waals surface area contributed by atoms with Crippen LogP contribution in [0, 0.1) is 0 Å². The molecular formula is C12H13NO2. The summed E-state index contributed by atoms with van der Waals surface area (Å²) in [7, 11) is 0. The van der Waals surface area contributed by atoms with Gasteiger partial charge in [0.05, 0.1) is 12.7 Å². The molecule has 3 nitrogen and oxygen atoms in total. The highest BCUT2D eigenvalue weighted by atomic mass is 16.5. The lowest BCUT2D eigenvalue weighted by Gasteiger charge is -2.25. The second kappa shape index (κ2) is 3.35. The highest BCUT2D eigenvalue weighted by Crippen LogP contribution is 2.33. The van der Waals surface area contributed by atoms with Gasteiger partial charge in [-0.2, -0.15) is 0 Å². The Morgan fingerprint density at radius 1 is 1.40 bits per heavy atom. The van der Waals surface area contributed by atoms with Gasteiger partial charge in [0.1, 0.15) is 0 Å². The number of carbonyl (C=O) groups is 1. The summed E-state index contributed by atoms with van der Waals surface area (Å²) in [5.74, 6) is 0.0415. The van der Waals surface area contributed by atoms with Gasteiger partial charge in [-0.1, -0.05) is 12.1 Å². The zero-order valence-corrected chi connectivity index (χ0v) is 8.45. The highest BCUT2D eigenvalue weighted by molar-refractivity contribution is 5.96. The van der Waals surface area contributed by atoms with E-state index in [1.54, 1.807) is 0 Å². The van der Waals surface area contributed by atoms with Crippen molar-refractivity contribution < 1.29 is 9.53 Å². The van der Waals surface area contributed by atoms with E-state index in [0.29, 0.717) is 6.54 Å². The van der Waals surface area contributed by atoms with Crippen molar-refractivity contribution in [2.45, 2.75) is 18.9 Å². The van der Waals surface area contributed by atoms with Crippen molar-refractivity contribution in [3.63, 3.8) is 0 Å². The molecule has 1 atom stereocenters. The minimum Gasteiger partial charge on any atom is -0.373 e. The van der Waals surface area contributed by atoms with Crippen LogP contribution in [0.1, 0.15) is 34.0 Å². The summed E-state index contributed by atoms with van der Waals surface area (Å²) in [5.41, 5.74) is 3.20. The number of hydrogen-bond donors (Lipinski definition) is 1. The molecule has 0 fully saturated rings. The summed E-state index contributed by atoms with van der Waals surface area (Å²) in [4.78, 5) is 11.8. The van der Waals surface area contributed by atoms with Crippen molar-refractivity contribution in [1.82, 2.24) is 5.32 Å². The molecule has 2 aliphatic rings. The van der Waals surface area contributed by atoms with Crippen LogP contribution in [0.2, 0.25) is 0 Å². The summed E-state index contributed by atoms with van der Waals surface area (Å²) in [6, 6.07) is 5.95. The maximum Gasteiger partial charge on any atom is 0.251 e. The molecule has 3 heteroatoms. The zero-order chi connectivity index (χ0) is 10.3. The summed E-state index contributed by atoms with van der Waals surface area (Å²) in [6.07, 6.45) is 1.92. The second-order valence-corrected chi connectivity index (χ2v) is 4.03. The molecule has 0 aliphatic carbocycles. The van der Waals surface area contributed by atoms with Gasteiger partial charge in [0.25, 0.3) is 5.91 Å². The fourth-order valence-electron chi connectivity index (χ4n) is 2.44. The molecular weight excluding hydrogens is 190 g/mol. The van der Waals surface area contributed by atoms with Crippen molar-refractivity contribution in [3.05, 3.63) is 34.9 Å². The Morgan fingerprint density at radius 2 is 2.33 bits per heavy atom. The molecule has 0 aromatic heterocycles. The van der Waals surface area contributed by atoms with E-state index in [2.05, 4.69) is 11.4 Å². The number of amides is 1. The van der Waals surface area contributed by atoms with Crippen molar-refractivity contribution in [3.8, 4) is 0 Å².